The van der Waals surface area contributed by atoms with Gasteiger partial charge in [0.05, 0.1) is 24.1 Å². The maximum Gasteiger partial charge on any atom is 0.226 e. The van der Waals surface area contributed by atoms with Crippen LogP contribution in [-0.2, 0) is 16.1 Å². The fourth-order valence-corrected chi connectivity index (χ4v) is 2.74. The van der Waals surface area contributed by atoms with Crippen molar-refractivity contribution in [2.24, 2.45) is 11.8 Å². The lowest BCUT2D eigenvalue weighted by atomic mass is 10.2. The summed E-state index contributed by atoms with van der Waals surface area (Å²) in [6, 6.07) is 5.61. The van der Waals surface area contributed by atoms with E-state index in [4.69, 9.17) is 0 Å². The monoisotopic (exact) mass is 273 g/mol. The number of likely N-dealkylation sites (tertiary alicyclic amines) is 1. The maximum absolute atomic E-state index is 12.1. The molecule has 1 aromatic heterocycles. The van der Waals surface area contributed by atoms with Crippen molar-refractivity contribution in [1.82, 2.24) is 15.2 Å². The van der Waals surface area contributed by atoms with Gasteiger partial charge in [-0.15, -0.1) is 0 Å². The molecule has 5 nitrogen and oxygen atoms in total. The third kappa shape index (κ3) is 2.81. The van der Waals surface area contributed by atoms with Gasteiger partial charge in [-0.1, -0.05) is 6.07 Å². The number of aromatic nitrogens is 1. The van der Waals surface area contributed by atoms with Crippen LogP contribution in [0.4, 0.5) is 0 Å². The van der Waals surface area contributed by atoms with E-state index in [1.807, 2.05) is 23.1 Å². The van der Waals surface area contributed by atoms with Crippen molar-refractivity contribution in [3.63, 3.8) is 0 Å². The molecule has 2 fully saturated rings. The zero-order valence-corrected chi connectivity index (χ0v) is 11.4. The van der Waals surface area contributed by atoms with E-state index < -0.39 is 0 Å². The first-order valence-corrected chi connectivity index (χ1v) is 7.22. The van der Waals surface area contributed by atoms with E-state index in [9.17, 15) is 9.59 Å². The molecule has 0 spiro atoms. The molecule has 1 aliphatic heterocycles. The number of rotatable bonds is 4. The Hall–Kier alpha value is -1.91. The van der Waals surface area contributed by atoms with E-state index in [-0.39, 0.29) is 23.7 Å². The zero-order chi connectivity index (χ0) is 13.9. The first kappa shape index (κ1) is 13.1. The highest BCUT2D eigenvalue weighted by molar-refractivity contribution is 5.92. The van der Waals surface area contributed by atoms with Crippen LogP contribution in [0.1, 0.15) is 25.0 Å². The van der Waals surface area contributed by atoms with Gasteiger partial charge in [-0.3, -0.25) is 14.6 Å². The van der Waals surface area contributed by atoms with Gasteiger partial charge in [-0.05, 0) is 31.4 Å². The van der Waals surface area contributed by atoms with Crippen molar-refractivity contribution in [3.05, 3.63) is 30.1 Å². The summed E-state index contributed by atoms with van der Waals surface area (Å²) in [6.07, 6.45) is 4.59. The van der Waals surface area contributed by atoms with Gasteiger partial charge in [0.15, 0.2) is 0 Å². The van der Waals surface area contributed by atoms with E-state index in [0.29, 0.717) is 13.0 Å². The standard InChI is InChI=1S/C15H19N3O2/c19-14(17-10-11-5-1-2-6-16-11)12-9-13(12)15(20)18-7-3-4-8-18/h1-2,5-6,12-13H,3-4,7-10H2,(H,17,19). The van der Waals surface area contributed by atoms with E-state index in [1.165, 1.54) is 0 Å². The second-order valence-electron chi connectivity index (χ2n) is 5.52. The Labute approximate surface area is 118 Å². The molecule has 1 saturated carbocycles. The van der Waals surface area contributed by atoms with E-state index in [0.717, 1.165) is 31.6 Å². The minimum atomic E-state index is -0.133. The van der Waals surface area contributed by atoms with Crippen LogP contribution in [0.5, 0.6) is 0 Å². The van der Waals surface area contributed by atoms with Gasteiger partial charge in [-0.2, -0.15) is 0 Å². The highest BCUT2D eigenvalue weighted by atomic mass is 16.2. The van der Waals surface area contributed by atoms with Crippen LogP contribution < -0.4 is 5.32 Å². The lowest BCUT2D eigenvalue weighted by Gasteiger charge is -2.14. The Bertz CT molecular complexity index is 497. The number of hydrogen-bond donors (Lipinski definition) is 1. The summed E-state index contributed by atoms with van der Waals surface area (Å²) in [6.45, 7) is 2.15. The van der Waals surface area contributed by atoms with Crippen molar-refractivity contribution in [2.45, 2.75) is 25.8 Å². The molecule has 2 unspecified atom stereocenters. The number of nitrogens with zero attached hydrogens (tertiary/aromatic N) is 2. The molecule has 0 radical (unpaired) electrons. The summed E-state index contributed by atoms with van der Waals surface area (Å²) in [4.78, 5) is 30.2. The van der Waals surface area contributed by atoms with Crippen LogP contribution in [0.2, 0.25) is 0 Å². The van der Waals surface area contributed by atoms with Crippen molar-refractivity contribution < 1.29 is 9.59 Å². The maximum atomic E-state index is 12.1. The van der Waals surface area contributed by atoms with E-state index in [2.05, 4.69) is 10.3 Å². The van der Waals surface area contributed by atoms with Crippen LogP contribution >= 0.6 is 0 Å². The quantitative estimate of drug-likeness (QED) is 0.888. The predicted octanol–water partition coefficient (Wildman–Crippen LogP) is 0.956. The average Bonchev–Trinajstić information content (AvgIpc) is 3.10. The summed E-state index contributed by atoms with van der Waals surface area (Å²) in [5.74, 6) is -0.0719. The molecule has 0 bridgehead atoms. The molecule has 1 aromatic rings. The molecular formula is C15H19N3O2. The molecule has 2 amide bonds. The number of amides is 2. The minimum Gasteiger partial charge on any atom is -0.350 e. The molecule has 0 aromatic carbocycles. The first-order valence-electron chi connectivity index (χ1n) is 7.22. The Morgan fingerprint density at radius 1 is 1.25 bits per heavy atom. The number of carbonyl (C=O) groups excluding carboxylic acids is 2. The smallest absolute Gasteiger partial charge is 0.226 e. The minimum absolute atomic E-state index is 0.0202. The topological polar surface area (TPSA) is 62.3 Å². The molecule has 2 heterocycles. The van der Waals surface area contributed by atoms with Crippen molar-refractivity contribution in [2.75, 3.05) is 13.1 Å². The van der Waals surface area contributed by atoms with Crippen molar-refractivity contribution in [1.29, 1.82) is 0 Å². The van der Waals surface area contributed by atoms with Gasteiger partial charge in [0.2, 0.25) is 11.8 Å². The zero-order valence-electron chi connectivity index (χ0n) is 11.4. The second kappa shape index (κ2) is 5.61. The van der Waals surface area contributed by atoms with Gasteiger partial charge in [0, 0.05) is 19.3 Å². The van der Waals surface area contributed by atoms with Crippen LogP contribution in [0.25, 0.3) is 0 Å². The van der Waals surface area contributed by atoms with Gasteiger partial charge < -0.3 is 10.2 Å². The number of hydrogen-bond acceptors (Lipinski definition) is 3. The van der Waals surface area contributed by atoms with Crippen LogP contribution in [-0.4, -0.2) is 34.8 Å². The Morgan fingerprint density at radius 3 is 2.75 bits per heavy atom. The molecule has 1 N–H and O–H groups in total. The third-order valence-corrected chi connectivity index (χ3v) is 4.03. The number of carbonyl (C=O) groups is 2. The van der Waals surface area contributed by atoms with E-state index >= 15 is 0 Å². The van der Waals surface area contributed by atoms with E-state index in [1.54, 1.807) is 6.20 Å². The molecule has 2 aliphatic rings. The summed E-state index contributed by atoms with van der Waals surface area (Å²) in [7, 11) is 0. The van der Waals surface area contributed by atoms with Gasteiger partial charge in [0.25, 0.3) is 0 Å². The third-order valence-electron chi connectivity index (χ3n) is 4.03. The molecular weight excluding hydrogens is 254 g/mol. The summed E-state index contributed by atoms with van der Waals surface area (Å²) < 4.78 is 0. The van der Waals surface area contributed by atoms with Crippen LogP contribution in [0.15, 0.2) is 24.4 Å². The predicted molar refractivity (Wildman–Crippen MR) is 73.5 cm³/mol. The molecule has 5 heteroatoms. The molecule has 1 aliphatic carbocycles. The highest BCUT2D eigenvalue weighted by Crippen LogP contribution is 2.40. The van der Waals surface area contributed by atoms with Gasteiger partial charge in [0.1, 0.15) is 0 Å². The van der Waals surface area contributed by atoms with Gasteiger partial charge in [-0.25, -0.2) is 0 Å². The first-order chi connectivity index (χ1) is 9.75. The molecule has 106 valence electrons. The Balaban J connectivity index is 1.46. The Kier molecular flexibility index (Phi) is 3.67. The average molecular weight is 273 g/mol. The lowest BCUT2D eigenvalue weighted by Crippen LogP contribution is -2.32. The van der Waals surface area contributed by atoms with Crippen molar-refractivity contribution in [3.8, 4) is 0 Å². The highest BCUT2D eigenvalue weighted by Gasteiger charge is 2.49. The Morgan fingerprint density at radius 2 is 2.05 bits per heavy atom. The largest absolute Gasteiger partial charge is 0.350 e. The summed E-state index contributed by atoms with van der Waals surface area (Å²) in [5, 5.41) is 2.86. The summed E-state index contributed by atoms with van der Waals surface area (Å²) >= 11 is 0. The second-order valence-corrected chi connectivity index (χ2v) is 5.52. The van der Waals surface area contributed by atoms with Crippen LogP contribution in [0, 0.1) is 11.8 Å². The fourth-order valence-electron chi connectivity index (χ4n) is 2.74. The normalized spacial score (nSPS) is 24.5. The lowest BCUT2D eigenvalue weighted by molar-refractivity contribution is -0.133. The van der Waals surface area contributed by atoms with Gasteiger partial charge >= 0.3 is 0 Å². The van der Waals surface area contributed by atoms with Crippen molar-refractivity contribution >= 4 is 11.8 Å². The van der Waals surface area contributed by atoms with Crippen LogP contribution in [0.3, 0.4) is 0 Å². The molecule has 1 saturated heterocycles. The number of nitrogens with one attached hydrogen (secondary N) is 1. The molecule has 2 atom stereocenters. The summed E-state index contributed by atoms with van der Waals surface area (Å²) in [5.41, 5.74) is 0.837. The fraction of sp³-hybridized carbons (Fsp3) is 0.533. The molecule has 3 rings (SSSR count). The molecule has 20 heavy (non-hydrogen) atoms. The SMILES string of the molecule is O=C(NCc1ccccn1)C1CC1C(=O)N1CCCC1. The number of pyridine rings is 1.